The molecule has 1 heterocycles. The van der Waals surface area contributed by atoms with E-state index in [9.17, 15) is 0 Å². The van der Waals surface area contributed by atoms with Crippen LogP contribution in [0.1, 0.15) is 16.6 Å². The summed E-state index contributed by atoms with van der Waals surface area (Å²) >= 11 is 1.50. The molecule has 0 spiro atoms. The molecule has 1 N–H and O–H groups in total. The Hall–Kier alpha value is -0.345. The second-order valence-corrected chi connectivity index (χ2v) is 2.86. The molecule has 0 aliphatic carbocycles. The summed E-state index contributed by atoms with van der Waals surface area (Å²) in [6, 6.07) is -0.363. The van der Waals surface area contributed by atoms with Crippen molar-refractivity contribution in [2.45, 2.75) is 12.9 Å². The molecule has 1 aromatic rings. The lowest BCUT2D eigenvalue weighted by Gasteiger charge is -1.98. The Bertz CT molecular complexity index is 199. The zero-order chi connectivity index (χ0) is 6.85. The Balaban J connectivity index is 2.94. The fourth-order valence-corrected chi connectivity index (χ4v) is 1.46. The van der Waals surface area contributed by atoms with Crippen LogP contribution in [0.15, 0.2) is 5.51 Å². The minimum absolute atomic E-state index is 0.363. The number of aliphatic hydroxyl groups is 1. The first-order valence-corrected chi connectivity index (χ1v) is 3.68. The molecule has 0 saturated heterocycles. The third-order valence-electron chi connectivity index (χ3n) is 1.16. The summed E-state index contributed by atoms with van der Waals surface area (Å²) in [5.41, 5.74) is 2.69. The highest BCUT2D eigenvalue weighted by atomic mass is 32.1. The molecular formula is C5H8BNOS. The molecule has 1 rings (SSSR count). The monoisotopic (exact) mass is 141 g/mol. The number of hydrogen-bond acceptors (Lipinski definition) is 3. The van der Waals surface area contributed by atoms with Crippen molar-refractivity contribution in [1.29, 1.82) is 0 Å². The van der Waals surface area contributed by atoms with Crippen molar-refractivity contribution in [3.63, 3.8) is 0 Å². The summed E-state index contributed by atoms with van der Waals surface area (Å²) in [5, 5.41) is 9.06. The van der Waals surface area contributed by atoms with Gasteiger partial charge in [0.05, 0.1) is 17.2 Å². The maximum absolute atomic E-state index is 9.06. The van der Waals surface area contributed by atoms with Gasteiger partial charge < -0.3 is 5.11 Å². The van der Waals surface area contributed by atoms with Crippen molar-refractivity contribution in [3.05, 3.63) is 16.1 Å². The van der Waals surface area contributed by atoms with E-state index in [1.54, 1.807) is 13.4 Å². The van der Waals surface area contributed by atoms with E-state index in [4.69, 9.17) is 5.11 Å². The van der Waals surface area contributed by atoms with E-state index >= 15 is 0 Å². The van der Waals surface area contributed by atoms with Gasteiger partial charge in [0.1, 0.15) is 7.85 Å². The molecule has 0 aliphatic rings. The highest BCUT2D eigenvalue weighted by Gasteiger charge is 2.05. The summed E-state index contributed by atoms with van der Waals surface area (Å²) in [6.45, 7) is 1.90. The van der Waals surface area contributed by atoms with Crippen LogP contribution in [0.4, 0.5) is 0 Å². The Morgan fingerprint density at radius 2 is 2.56 bits per heavy atom. The van der Waals surface area contributed by atoms with E-state index in [2.05, 4.69) is 4.98 Å². The number of aliphatic hydroxyl groups excluding tert-OH is 1. The van der Waals surface area contributed by atoms with Crippen molar-refractivity contribution in [3.8, 4) is 0 Å². The van der Waals surface area contributed by atoms with E-state index in [0.29, 0.717) is 0 Å². The van der Waals surface area contributed by atoms with Gasteiger partial charge in [0.15, 0.2) is 0 Å². The van der Waals surface area contributed by atoms with Crippen LogP contribution in [-0.4, -0.2) is 17.9 Å². The fourth-order valence-electron chi connectivity index (χ4n) is 0.712. The first kappa shape index (κ1) is 6.77. The Morgan fingerprint density at radius 1 is 1.89 bits per heavy atom. The summed E-state index contributed by atoms with van der Waals surface area (Å²) in [6.07, 6.45) is 0. The molecule has 4 heteroatoms. The van der Waals surface area contributed by atoms with Crippen LogP contribution in [0.3, 0.4) is 0 Å². The molecule has 0 aromatic carbocycles. The molecule has 0 fully saturated rings. The number of thiazole rings is 1. The second-order valence-electron chi connectivity index (χ2n) is 1.98. The molecule has 0 amide bonds. The predicted molar refractivity (Wildman–Crippen MR) is 40.4 cm³/mol. The predicted octanol–water partition coefficient (Wildman–Crippen LogP) is 0.0755. The van der Waals surface area contributed by atoms with Crippen LogP contribution in [-0.2, 0) is 0 Å². The molecule has 0 aliphatic heterocycles. The maximum atomic E-state index is 9.06. The molecule has 2 nitrogen and oxygen atoms in total. The number of aromatic nitrogens is 1. The van der Waals surface area contributed by atoms with Crippen molar-refractivity contribution in [2.75, 3.05) is 0 Å². The molecule has 1 unspecified atom stereocenters. The van der Waals surface area contributed by atoms with E-state index in [0.717, 1.165) is 10.6 Å². The van der Waals surface area contributed by atoms with Gasteiger partial charge >= 0.3 is 0 Å². The van der Waals surface area contributed by atoms with Crippen molar-refractivity contribution in [2.24, 2.45) is 0 Å². The average molecular weight is 141 g/mol. The van der Waals surface area contributed by atoms with Gasteiger partial charge in [0, 0.05) is 4.88 Å². The molecule has 48 valence electrons. The lowest BCUT2D eigenvalue weighted by atomic mass is 9.98. The molecule has 9 heavy (non-hydrogen) atoms. The highest BCUT2D eigenvalue weighted by molar-refractivity contribution is 7.10. The third-order valence-corrected chi connectivity index (χ3v) is 2.26. The van der Waals surface area contributed by atoms with E-state index in [-0.39, 0.29) is 6.00 Å². The lowest BCUT2D eigenvalue weighted by Crippen LogP contribution is -1.94. The minimum atomic E-state index is -0.363. The average Bonchev–Trinajstić information content (AvgIpc) is 2.13. The van der Waals surface area contributed by atoms with Crippen molar-refractivity contribution >= 4 is 19.2 Å². The Morgan fingerprint density at radius 3 is 2.78 bits per heavy atom. The van der Waals surface area contributed by atoms with Crippen LogP contribution in [0.5, 0.6) is 0 Å². The highest BCUT2D eigenvalue weighted by Crippen LogP contribution is 2.17. The number of nitrogens with zero attached hydrogens (tertiary/aromatic N) is 1. The Kier molecular flexibility index (Phi) is 1.88. The molecule has 1 atom stereocenters. The van der Waals surface area contributed by atoms with Gasteiger partial charge in [0.25, 0.3) is 0 Å². The maximum Gasteiger partial charge on any atom is 0.145 e. The summed E-state index contributed by atoms with van der Waals surface area (Å²) < 4.78 is 0. The third kappa shape index (κ3) is 1.31. The summed E-state index contributed by atoms with van der Waals surface area (Å²) in [7, 11) is 1.75. The molecule has 0 radical (unpaired) electrons. The molecular weight excluding hydrogens is 133 g/mol. The van der Waals surface area contributed by atoms with Crippen LogP contribution in [0.25, 0.3) is 0 Å². The largest absolute Gasteiger partial charge is 0.397 e. The van der Waals surface area contributed by atoms with E-state index in [1.807, 2.05) is 6.92 Å². The van der Waals surface area contributed by atoms with Gasteiger partial charge in [-0.3, -0.25) is 0 Å². The van der Waals surface area contributed by atoms with Crippen LogP contribution in [0.2, 0.25) is 0 Å². The smallest absolute Gasteiger partial charge is 0.145 e. The minimum Gasteiger partial charge on any atom is -0.397 e. The second kappa shape index (κ2) is 2.50. The van der Waals surface area contributed by atoms with Crippen LogP contribution >= 0.6 is 11.3 Å². The van der Waals surface area contributed by atoms with Crippen molar-refractivity contribution in [1.82, 2.24) is 4.98 Å². The Labute approximate surface area is 59.0 Å². The number of hydrogen-bond donors (Lipinski definition) is 1. The first-order valence-electron chi connectivity index (χ1n) is 2.80. The fraction of sp³-hybridized carbons (Fsp3) is 0.400. The van der Waals surface area contributed by atoms with Gasteiger partial charge in [-0.05, 0) is 6.92 Å². The van der Waals surface area contributed by atoms with E-state index in [1.165, 1.54) is 11.3 Å². The van der Waals surface area contributed by atoms with Crippen molar-refractivity contribution < 1.29 is 5.11 Å². The lowest BCUT2D eigenvalue weighted by molar-refractivity contribution is 0.265. The quantitative estimate of drug-likeness (QED) is 0.561. The van der Waals surface area contributed by atoms with E-state index < -0.39 is 0 Å². The van der Waals surface area contributed by atoms with Crippen LogP contribution in [0, 0.1) is 6.92 Å². The summed E-state index contributed by atoms with van der Waals surface area (Å²) in [4.78, 5) is 4.96. The van der Waals surface area contributed by atoms with Gasteiger partial charge in [-0.25, -0.2) is 4.98 Å². The zero-order valence-corrected chi connectivity index (χ0v) is 6.27. The summed E-state index contributed by atoms with van der Waals surface area (Å²) in [5.74, 6) is 0. The molecule has 1 aromatic heterocycles. The molecule has 0 saturated carbocycles. The molecule has 0 bridgehead atoms. The topological polar surface area (TPSA) is 33.1 Å². The van der Waals surface area contributed by atoms with Gasteiger partial charge in [-0.1, -0.05) is 0 Å². The van der Waals surface area contributed by atoms with Gasteiger partial charge in [-0.15, -0.1) is 11.3 Å². The number of aryl methyl sites for hydroxylation is 1. The van der Waals surface area contributed by atoms with Gasteiger partial charge in [0.2, 0.25) is 0 Å². The standard InChI is InChI=1S/C5H8BNOS/c1-3-4(5(6)8)9-2-7-3/h2,5,8H,6H2,1H3. The van der Waals surface area contributed by atoms with Gasteiger partial charge in [-0.2, -0.15) is 0 Å². The first-order chi connectivity index (χ1) is 4.22. The number of rotatable bonds is 1. The SMILES string of the molecule is BC(O)c1scnc1C. The van der Waals surface area contributed by atoms with Crippen LogP contribution < -0.4 is 0 Å². The zero-order valence-electron chi connectivity index (χ0n) is 5.46. The normalized spacial score (nSPS) is 13.6.